The summed E-state index contributed by atoms with van der Waals surface area (Å²) < 4.78 is 4.71. The molecule has 0 aliphatic rings. The summed E-state index contributed by atoms with van der Waals surface area (Å²) in [6.45, 7) is 8.47. The van der Waals surface area contributed by atoms with Crippen molar-refractivity contribution in [1.82, 2.24) is 5.32 Å². The predicted octanol–water partition coefficient (Wildman–Crippen LogP) is 0.792. The number of hydrogen-bond acceptors (Lipinski definition) is 4. The average Bonchev–Trinajstić information content (AvgIpc) is 2.17. The molecule has 90 valence electrons. The van der Waals surface area contributed by atoms with Crippen LogP contribution in [0.1, 0.15) is 27.7 Å². The molecule has 0 rings (SSSR count). The average molecular weight is 217 g/mol. The zero-order valence-electron chi connectivity index (χ0n) is 10.3. The number of ether oxygens (including phenoxy) is 1. The summed E-state index contributed by atoms with van der Waals surface area (Å²) in [5.74, 6) is -0.0781. The van der Waals surface area contributed by atoms with Crippen molar-refractivity contribution < 1.29 is 14.6 Å². The highest BCUT2D eigenvalue weighted by Crippen LogP contribution is 2.13. The van der Waals surface area contributed by atoms with Crippen molar-refractivity contribution in [2.75, 3.05) is 20.3 Å². The summed E-state index contributed by atoms with van der Waals surface area (Å²) in [6, 6.07) is -0.305. The van der Waals surface area contributed by atoms with Crippen LogP contribution in [0.2, 0.25) is 0 Å². The van der Waals surface area contributed by atoms with Gasteiger partial charge in [0.1, 0.15) is 6.04 Å². The number of nitrogens with one attached hydrogen (secondary N) is 1. The largest absolute Gasteiger partial charge is 0.468 e. The van der Waals surface area contributed by atoms with E-state index in [0.717, 1.165) is 0 Å². The zero-order chi connectivity index (χ0) is 12.1. The van der Waals surface area contributed by atoms with E-state index in [9.17, 15) is 4.79 Å². The lowest BCUT2D eigenvalue weighted by Gasteiger charge is -2.27. The molecule has 0 aliphatic carbocycles. The Morgan fingerprint density at radius 3 is 2.33 bits per heavy atom. The van der Waals surface area contributed by atoms with Gasteiger partial charge in [-0.05, 0) is 5.92 Å². The fraction of sp³-hybridized carbons (Fsp3) is 0.909. The summed E-state index contributed by atoms with van der Waals surface area (Å²) >= 11 is 0. The van der Waals surface area contributed by atoms with E-state index in [1.807, 2.05) is 27.7 Å². The molecule has 0 aromatic rings. The first kappa shape index (κ1) is 14.4. The minimum absolute atomic E-state index is 0.0893. The fourth-order valence-electron chi connectivity index (χ4n) is 1.16. The van der Waals surface area contributed by atoms with Crippen LogP contribution in [0.25, 0.3) is 0 Å². The molecule has 0 saturated heterocycles. The molecule has 0 bridgehead atoms. The van der Waals surface area contributed by atoms with Crippen LogP contribution >= 0.6 is 0 Å². The smallest absolute Gasteiger partial charge is 0.323 e. The van der Waals surface area contributed by atoms with Gasteiger partial charge < -0.3 is 15.2 Å². The molecular formula is C11H23NO3. The minimum Gasteiger partial charge on any atom is -0.468 e. The molecular weight excluding hydrogens is 194 g/mol. The van der Waals surface area contributed by atoms with E-state index < -0.39 is 0 Å². The molecule has 4 heteroatoms. The Bertz CT molecular complexity index is 202. The third kappa shape index (κ3) is 5.14. The molecule has 2 N–H and O–H groups in total. The number of aliphatic hydroxyl groups excluding tert-OH is 1. The van der Waals surface area contributed by atoms with E-state index in [0.29, 0.717) is 6.54 Å². The second-order valence-corrected chi connectivity index (χ2v) is 4.95. The minimum atomic E-state index is -0.305. The molecule has 1 atom stereocenters. The monoisotopic (exact) mass is 217 g/mol. The SMILES string of the molecule is COC(=O)C(NCC(C)(C)CO)C(C)C. The number of methoxy groups -OCH3 is 1. The van der Waals surface area contributed by atoms with Gasteiger partial charge in [0.2, 0.25) is 0 Å². The third-order valence-electron chi connectivity index (χ3n) is 2.35. The Labute approximate surface area is 92.0 Å². The molecule has 0 heterocycles. The van der Waals surface area contributed by atoms with Crippen molar-refractivity contribution in [2.45, 2.75) is 33.7 Å². The molecule has 0 amide bonds. The Balaban J connectivity index is 4.26. The van der Waals surface area contributed by atoms with Crippen LogP contribution in [0.5, 0.6) is 0 Å². The number of carbonyl (C=O) groups excluding carboxylic acids is 1. The summed E-state index contributed by atoms with van der Waals surface area (Å²) in [5.41, 5.74) is -0.221. The highest BCUT2D eigenvalue weighted by atomic mass is 16.5. The maximum Gasteiger partial charge on any atom is 0.323 e. The van der Waals surface area contributed by atoms with Crippen LogP contribution in [-0.4, -0.2) is 37.4 Å². The van der Waals surface area contributed by atoms with Gasteiger partial charge in [-0.3, -0.25) is 4.79 Å². The number of rotatable bonds is 6. The van der Waals surface area contributed by atoms with E-state index in [1.54, 1.807) is 0 Å². The summed E-state index contributed by atoms with van der Waals surface area (Å²) in [5, 5.41) is 12.2. The van der Waals surface area contributed by atoms with Crippen LogP contribution in [0.15, 0.2) is 0 Å². The van der Waals surface area contributed by atoms with E-state index in [4.69, 9.17) is 9.84 Å². The Hall–Kier alpha value is -0.610. The van der Waals surface area contributed by atoms with E-state index in [1.165, 1.54) is 7.11 Å². The molecule has 0 radical (unpaired) electrons. The van der Waals surface area contributed by atoms with Crippen molar-refractivity contribution in [3.63, 3.8) is 0 Å². The van der Waals surface area contributed by atoms with Gasteiger partial charge in [0.25, 0.3) is 0 Å². The molecule has 0 aromatic carbocycles. The third-order valence-corrected chi connectivity index (χ3v) is 2.35. The number of esters is 1. The van der Waals surface area contributed by atoms with Gasteiger partial charge in [-0.15, -0.1) is 0 Å². The van der Waals surface area contributed by atoms with Crippen LogP contribution in [-0.2, 0) is 9.53 Å². The molecule has 0 spiro atoms. The molecule has 15 heavy (non-hydrogen) atoms. The predicted molar refractivity (Wildman–Crippen MR) is 59.5 cm³/mol. The van der Waals surface area contributed by atoms with Crippen molar-refractivity contribution >= 4 is 5.97 Å². The summed E-state index contributed by atoms with van der Waals surface area (Å²) in [6.07, 6.45) is 0. The molecule has 0 aromatic heterocycles. The molecule has 0 aliphatic heterocycles. The summed E-state index contributed by atoms with van der Waals surface area (Å²) in [7, 11) is 1.39. The molecule has 1 unspecified atom stereocenters. The standard InChI is InChI=1S/C11H23NO3/c1-8(2)9(10(14)15-5)12-6-11(3,4)7-13/h8-9,12-13H,6-7H2,1-5H3. The van der Waals surface area contributed by atoms with Crippen molar-refractivity contribution in [3.05, 3.63) is 0 Å². The number of carbonyl (C=O) groups is 1. The maximum atomic E-state index is 11.4. The lowest BCUT2D eigenvalue weighted by Crippen LogP contribution is -2.46. The Kier molecular flexibility index (Phi) is 5.83. The van der Waals surface area contributed by atoms with Gasteiger partial charge in [0, 0.05) is 18.6 Å². The van der Waals surface area contributed by atoms with Crippen molar-refractivity contribution in [1.29, 1.82) is 0 Å². The molecule has 4 nitrogen and oxygen atoms in total. The fourth-order valence-corrected chi connectivity index (χ4v) is 1.16. The Morgan fingerprint density at radius 2 is 2.00 bits per heavy atom. The lowest BCUT2D eigenvalue weighted by atomic mass is 9.93. The van der Waals surface area contributed by atoms with Gasteiger partial charge in [-0.25, -0.2) is 0 Å². The highest BCUT2D eigenvalue weighted by Gasteiger charge is 2.25. The van der Waals surface area contributed by atoms with Crippen LogP contribution in [0, 0.1) is 11.3 Å². The first-order valence-corrected chi connectivity index (χ1v) is 5.26. The van der Waals surface area contributed by atoms with Gasteiger partial charge in [-0.2, -0.15) is 0 Å². The number of hydrogen-bond donors (Lipinski definition) is 2. The van der Waals surface area contributed by atoms with Gasteiger partial charge in [0.05, 0.1) is 7.11 Å². The van der Waals surface area contributed by atoms with Gasteiger partial charge in [-0.1, -0.05) is 27.7 Å². The van der Waals surface area contributed by atoms with Gasteiger partial charge in [0.15, 0.2) is 0 Å². The second-order valence-electron chi connectivity index (χ2n) is 4.95. The normalized spacial score (nSPS) is 14.1. The quantitative estimate of drug-likeness (QED) is 0.646. The van der Waals surface area contributed by atoms with Crippen molar-refractivity contribution in [3.8, 4) is 0 Å². The van der Waals surface area contributed by atoms with Crippen molar-refractivity contribution in [2.24, 2.45) is 11.3 Å². The maximum absolute atomic E-state index is 11.4. The van der Waals surface area contributed by atoms with Gasteiger partial charge >= 0.3 is 5.97 Å². The second kappa shape index (κ2) is 6.08. The Morgan fingerprint density at radius 1 is 1.47 bits per heavy atom. The lowest BCUT2D eigenvalue weighted by molar-refractivity contribution is -0.144. The van der Waals surface area contributed by atoms with E-state index in [-0.39, 0.29) is 30.0 Å². The van der Waals surface area contributed by atoms with Crippen LogP contribution in [0.4, 0.5) is 0 Å². The zero-order valence-corrected chi connectivity index (χ0v) is 10.3. The molecule has 0 saturated carbocycles. The van der Waals surface area contributed by atoms with Crippen LogP contribution < -0.4 is 5.32 Å². The first-order valence-electron chi connectivity index (χ1n) is 5.26. The highest BCUT2D eigenvalue weighted by molar-refractivity contribution is 5.75. The van der Waals surface area contributed by atoms with E-state index in [2.05, 4.69) is 5.32 Å². The van der Waals surface area contributed by atoms with Crippen LogP contribution in [0.3, 0.4) is 0 Å². The first-order chi connectivity index (χ1) is 6.84. The molecule has 0 fully saturated rings. The number of aliphatic hydroxyl groups is 1. The van der Waals surface area contributed by atoms with E-state index >= 15 is 0 Å². The summed E-state index contributed by atoms with van der Waals surface area (Å²) in [4.78, 5) is 11.4. The topological polar surface area (TPSA) is 58.6 Å².